The summed E-state index contributed by atoms with van der Waals surface area (Å²) >= 11 is 0. The number of aromatic carboxylic acids is 1. The van der Waals surface area contributed by atoms with Crippen LogP contribution in [0.15, 0.2) is 78.9 Å². The lowest BCUT2D eigenvalue weighted by molar-refractivity contribution is -0.118. The highest BCUT2D eigenvalue weighted by molar-refractivity contribution is 6.01. The Morgan fingerprint density at radius 1 is 0.833 bits per heavy atom. The Bertz CT molecular complexity index is 1030. The molecule has 0 spiro atoms. The SMILES string of the molecule is Nc1ccc(NC(=O)C(Cc2ccccc2)NC(=O)c2ccc(C(=O)O)cc2)cc1. The summed E-state index contributed by atoms with van der Waals surface area (Å²) in [4.78, 5) is 36.5. The zero-order valence-electron chi connectivity index (χ0n) is 16.0. The molecule has 0 aliphatic heterocycles. The molecule has 0 aromatic heterocycles. The van der Waals surface area contributed by atoms with Gasteiger partial charge in [-0.25, -0.2) is 4.79 Å². The van der Waals surface area contributed by atoms with Crippen LogP contribution in [0.4, 0.5) is 11.4 Å². The van der Waals surface area contributed by atoms with Crippen molar-refractivity contribution < 1.29 is 19.5 Å². The first-order valence-corrected chi connectivity index (χ1v) is 9.27. The van der Waals surface area contributed by atoms with E-state index in [0.29, 0.717) is 17.8 Å². The highest BCUT2D eigenvalue weighted by Crippen LogP contribution is 2.13. The normalized spacial score (nSPS) is 11.3. The molecule has 0 saturated carbocycles. The second kappa shape index (κ2) is 9.38. The van der Waals surface area contributed by atoms with Crippen LogP contribution in [0.5, 0.6) is 0 Å². The predicted octanol–water partition coefficient (Wildman–Crippen LogP) is 2.95. The smallest absolute Gasteiger partial charge is 0.335 e. The van der Waals surface area contributed by atoms with E-state index in [1.807, 2.05) is 30.3 Å². The standard InChI is InChI=1S/C23H21N3O4/c24-18-10-12-19(13-11-18)25-22(28)20(14-15-4-2-1-3-5-15)26-21(27)16-6-8-17(9-7-16)23(29)30/h1-13,20H,14,24H2,(H,25,28)(H,26,27)(H,29,30). The first-order valence-electron chi connectivity index (χ1n) is 9.27. The van der Waals surface area contributed by atoms with Gasteiger partial charge in [-0.2, -0.15) is 0 Å². The Hall–Kier alpha value is -4.13. The molecular formula is C23H21N3O4. The molecule has 5 N–H and O–H groups in total. The van der Waals surface area contributed by atoms with Crippen molar-refractivity contribution in [2.45, 2.75) is 12.5 Å². The number of amides is 2. The van der Waals surface area contributed by atoms with Gasteiger partial charge < -0.3 is 21.5 Å². The maximum atomic E-state index is 12.9. The van der Waals surface area contributed by atoms with Gasteiger partial charge in [0.05, 0.1) is 5.56 Å². The third kappa shape index (κ3) is 5.45. The second-order valence-electron chi connectivity index (χ2n) is 6.71. The van der Waals surface area contributed by atoms with Crippen LogP contribution in [-0.4, -0.2) is 28.9 Å². The van der Waals surface area contributed by atoms with Crippen molar-refractivity contribution in [3.05, 3.63) is 95.6 Å². The highest BCUT2D eigenvalue weighted by atomic mass is 16.4. The molecule has 3 rings (SSSR count). The van der Waals surface area contributed by atoms with Crippen molar-refractivity contribution in [3.8, 4) is 0 Å². The molecule has 0 bridgehead atoms. The summed E-state index contributed by atoms with van der Waals surface area (Å²) < 4.78 is 0. The van der Waals surface area contributed by atoms with Gasteiger partial charge in [0.1, 0.15) is 6.04 Å². The Morgan fingerprint density at radius 2 is 1.43 bits per heavy atom. The largest absolute Gasteiger partial charge is 0.478 e. The molecule has 152 valence electrons. The van der Waals surface area contributed by atoms with Gasteiger partial charge in [0.15, 0.2) is 0 Å². The summed E-state index contributed by atoms with van der Waals surface area (Å²) in [7, 11) is 0. The van der Waals surface area contributed by atoms with Gasteiger partial charge in [-0.05, 0) is 54.1 Å². The molecule has 7 heteroatoms. The number of nitrogen functional groups attached to an aromatic ring is 1. The van der Waals surface area contributed by atoms with E-state index in [4.69, 9.17) is 10.8 Å². The van der Waals surface area contributed by atoms with Crippen molar-refractivity contribution in [1.82, 2.24) is 5.32 Å². The first kappa shape index (κ1) is 20.6. The Labute approximate surface area is 173 Å². The van der Waals surface area contributed by atoms with Crippen LogP contribution < -0.4 is 16.4 Å². The van der Waals surface area contributed by atoms with E-state index in [-0.39, 0.29) is 17.0 Å². The van der Waals surface area contributed by atoms with Gasteiger partial charge in [0.2, 0.25) is 5.91 Å². The lowest BCUT2D eigenvalue weighted by Crippen LogP contribution is -2.45. The topological polar surface area (TPSA) is 122 Å². The third-order valence-corrected chi connectivity index (χ3v) is 4.48. The average Bonchev–Trinajstić information content (AvgIpc) is 2.75. The maximum Gasteiger partial charge on any atom is 0.335 e. The molecule has 0 aliphatic rings. The van der Waals surface area contributed by atoms with Gasteiger partial charge in [0, 0.05) is 23.4 Å². The zero-order valence-corrected chi connectivity index (χ0v) is 16.0. The number of benzene rings is 3. The van der Waals surface area contributed by atoms with Crippen LogP contribution in [0.1, 0.15) is 26.3 Å². The number of carbonyl (C=O) groups is 3. The Morgan fingerprint density at radius 3 is 2.03 bits per heavy atom. The van der Waals surface area contributed by atoms with E-state index < -0.39 is 17.9 Å². The van der Waals surface area contributed by atoms with E-state index in [1.165, 1.54) is 24.3 Å². The number of hydrogen-bond donors (Lipinski definition) is 4. The fraction of sp³-hybridized carbons (Fsp3) is 0.0870. The minimum Gasteiger partial charge on any atom is -0.478 e. The molecule has 1 unspecified atom stereocenters. The van der Waals surface area contributed by atoms with Crippen LogP contribution in [0.2, 0.25) is 0 Å². The molecule has 0 heterocycles. The van der Waals surface area contributed by atoms with Gasteiger partial charge in [0.25, 0.3) is 5.91 Å². The van der Waals surface area contributed by atoms with Crippen LogP contribution in [0.3, 0.4) is 0 Å². The molecule has 3 aromatic carbocycles. The molecule has 0 fully saturated rings. The van der Waals surface area contributed by atoms with E-state index >= 15 is 0 Å². The van der Waals surface area contributed by atoms with E-state index in [2.05, 4.69) is 10.6 Å². The molecule has 3 aromatic rings. The molecule has 0 radical (unpaired) electrons. The number of carboxylic acids is 1. The number of rotatable bonds is 7. The van der Waals surface area contributed by atoms with Crippen molar-refractivity contribution in [3.63, 3.8) is 0 Å². The number of carbonyl (C=O) groups excluding carboxylic acids is 2. The Kier molecular flexibility index (Phi) is 6.44. The lowest BCUT2D eigenvalue weighted by atomic mass is 10.0. The monoisotopic (exact) mass is 403 g/mol. The second-order valence-corrected chi connectivity index (χ2v) is 6.71. The number of anilines is 2. The quantitative estimate of drug-likeness (QED) is 0.452. The van der Waals surface area contributed by atoms with Gasteiger partial charge in [-0.15, -0.1) is 0 Å². The van der Waals surface area contributed by atoms with Crippen molar-refractivity contribution >= 4 is 29.2 Å². The fourth-order valence-corrected chi connectivity index (χ4v) is 2.86. The number of hydrogen-bond acceptors (Lipinski definition) is 4. The summed E-state index contributed by atoms with van der Waals surface area (Å²) in [5, 5.41) is 14.5. The van der Waals surface area contributed by atoms with Crippen LogP contribution in [0.25, 0.3) is 0 Å². The zero-order chi connectivity index (χ0) is 21.5. The van der Waals surface area contributed by atoms with Crippen molar-refractivity contribution in [2.24, 2.45) is 0 Å². The summed E-state index contributed by atoms with van der Waals surface area (Å²) in [6.07, 6.45) is 0.292. The van der Waals surface area contributed by atoms with Crippen molar-refractivity contribution in [2.75, 3.05) is 11.1 Å². The Balaban J connectivity index is 1.77. The van der Waals surface area contributed by atoms with E-state index in [1.54, 1.807) is 24.3 Å². The van der Waals surface area contributed by atoms with Crippen LogP contribution >= 0.6 is 0 Å². The molecule has 0 saturated heterocycles. The average molecular weight is 403 g/mol. The summed E-state index contributed by atoms with van der Waals surface area (Å²) in [5.41, 5.74) is 8.04. The number of carboxylic acid groups (broad SMARTS) is 1. The molecule has 7 nitrogen and oxygen atoms in total. The summed E-state index contributed by atoms with van der Waals surface area (Å²) in [5.74, 6) is -1.92. The predicted molar refractivity (Wildman–Crippen MR) is 114 cm³/mol. The molecule has 0 aliphatic carbocycles. The minimum atomic E-state index is -1.08. The van der Waals surface area contributed by atoms with Gasteiger partial charge >= 0.3 is 5.97 Å². The maximum absolute atomic E-state index is 12.9. The minimum absolute atomic E-state index is 0.0773. The van der Waals surface area contributed by atoms with E-state index in [0.717, 1.165) is 5.56 Å². The lowest BCUT2D eigenvalue weighted by Gasteiger charge is -2.19. The molecule has 1 atom stereocenters. The van der Waals surface area contributed by atoms with Crippen LogP contribution in [0, 0.1) is 0 Å². The summed E-state index contributed by atoms with van der Waals surface area (Å²) in [6, 6.07) is 20.7. The highest BCUT2D eigenvalue weighted by Gasteiger charge is 2.22. The number of nitrogens with two attached hydrogens (primary N) is 1. The number of nitrogens with one attached hydrogen (secondary N) is 2. The van der Waals surface area contributed by atoms with Gasteiger partial charge in [-0.1, -0.05) is 30.3 Å². The van der Waals surface area contributed by atoms with E-state index in [9.17, 15) is 14.4 Å². The molecule has 2 amide bonds. The summed E-state index contributed by atoms with van der Waals surface area (Å²) in [6.45, 7) is 0. The van der Waals surface area contributed by atoms with Gasteiger partial charge in [-0.3, -0.25) is 9.59 Å². The molecular weight excluding hydrogens is 382 g/mol. The molecule has 30 heavy (non-hydrogen) atoms. The fourth-order valence-electron chi connectivity index (χ4n) is 2.86. The first-order chi connectivity index (χ1) is 14.4. The van der Waals surface area contributed by atoms with Crippen molar-refractivity contribution in [1.29, 1.82) is 0 Å². The van der Waals surface area contributed by atoms with Crippen LogP contribution in [-0.2, 0) is 11.2 Å². The third-order valence-electron chi connectivity index (χ3n) is 4.48.